The van der Waals surface area contributed by atoms with Gasteiger partial charge < -0.3 is 10.8 Å². The summed E-state index contributed by atoms with van der Waals surface area (Å²) in [4.78, 5) is 0.0784. The molecule has 1 fully saturated rings. The Hall–Kier alpha value is -0.820. The molecule has 0 aliphatic heterocycles. The van der Waals surface area contributed by atoms with Crippen molar-refractivity contribution in [3.8, 4) is 0 Å². The van der Waals surface area contributed by atoms with Crippen LogP contribution in [0.1, 0.15) is 31.2 Å². The van der Waals surface area contributed by atoms with E-state index in [-0.39, 0.29) is 10.6 Å². The van der Waals surface area contributed by atoms with Gasteiger partial charge >= 0.3 is 0 Å². The molecule has 4 N–H and O–H groups in total. The summed E-state index contributed by atoms with van der Waals surface area (Å²) in [5.74, 6) is 0. The number of aliphatic hydroxyl groups is 1. The van der Waals surface area contributed by atoms with E-state index >= 15 is 0 Å². The highest BCUT2D eigenvalue weighted by molar-refractivity contribution is 7.89. The van der Waals surface area contributed by atoms with Crippen molar-refractivity contribution in [2.75, 3.05) is 5.73 Å². The fourth-order valence-corrected chi connectivity index (χ4v) is 3.97. The molecule has 2 atom stereocenters. The van der Waals surface area contributed by atoms with Crippen LogP contribution in [0.25, 0.3) is 0 Å². The summed E-state index contributed by atoms with van der Waals surface area (Å²) in [5.41, 5.74) is 6.55. The molecule has 0 saturated heterocycles. The van der Waals surface area contributed by atoms with Crippen molar-refractivity contribution < 1.29 is 13.5 Å². The van der Waals surface area contributed by atoms with Crippen molar-refractivity contribution in [1.82, 2.24) is 4.72 Å². The minimum absolute atomic E-state index is 0.0784. The number of anilines is 1. The summed E-state index contributed by atoms with van der Waals surface area (Å²) in [6, 6.07) is 2.38. The number of aryl methyl sites for hydroxylation is 1. The summed E-state index contributed by atoms with van der Waals surface area (Å²) < 4.78 is 27.2. The predicted octanol–water partition coefficient (Wildman–Crippen LogP) is 1.81. The Morgan fingerprint density at radius 2 is 2.00 bits per heavy atom. The number of benzene rings is 1. The first kappa shape index (κ1) is 15.6. The van der Waals surface area contributed by atoms with Gasteiger partial charge in [0, 0.05) is 6.04 Å². The molecular weight excluding hydrogens is 300 g/mol. The molecular formula is C13H19ClN2O3S. The highest BCUT2D eigenvalue weighted by Crippen LogP contribution is 2.27. The van der Waals surface area contributed by atoms with Gasteiger partial charge in [0.1, 0.15) is 0 Å². The van der Waals surface area contributed by atoms with Crippen LogP contribution in [0.15, 0.2) is 17.0 Å². The van der Waals surface area contributed by atoms with E-state index in [9.17, 15) is 13.5 Å². The summed E-state index contributed by atoms with van der Waals surface area (Å²) in [7, 11) is -3.70. The molecule has 1 saturated carbocycles. The van der Waals surface area contributed by atoms with Gasteiger partial charge in [0.25, 0.3) is 0 Å². The third kappa shape index (κ3) is 3.25. The van der Waals surface area contributed by atoms with Crippen LogP contribution in [-0.2, 0) is 10.0 Å². The Kier molecular flexibility index (Phi) is 4.59. The first-order valence-corrected chi connectivity index (χ1v) is 8.43. The fourth-order valence-electron chi connectivity index (χ4n) is 2.43. The highest BCUT2D eigenvalue weighted by atomic mass is 35.5. The Bertz CT molecular complexity index is 581. The number of sulfonamides is 1. The molecule has 5 nitrogen and oxygen atoms in total. The van der Waals surface area contributed by atoms with E-state index in [0.717, 1.165) is 12.8 Å². The lowest BCUT2D eigenvalue weighted by Gasteiger charge is -2.28. The number of nitrogens with two attached hydrogens (primary N) is 1. The third-order valence-corrected chi connectivity index (χ3v) is 5.59. The average molecular weight is 319 g/mol. The molecule has 7 heteroatoms. The minimum Gasteiger partial charge on any atom is -0.397 e. The van der Waals surface area contributed by atoms with Gasteiger partial charge in [0.15, 0.2) is 0 Å². The van der Waals surface area contributed by atoms with E-state index in [1.165, 1.54) is 12.1 Å². The Morgan fingerprint density at radius 1 is 1.35 bits per heavy atom. The number of hydrogen-bond donors (Lipinski definition) is 3. The molecule has 1 aromatic rings. The van der Waals surface area contributed by atoms with Gasteiger partial charge in [0.2, 0.25) is 10.0 Å². The van der Waals surface area contributed by atoms with Crippen LogP contribution in [0, 0.1) is 6.92 Å². The van der Waals surface area contributed by atoms with E-state index < -0.39 is 22.2 Å². The number of aliphatic hydroxyl groups excluding tert-OH is 1. The van der Waals surface area contributed by atoms with Crippen LogP contribution < -0.4 is 10.5 Å². The summed E-state index contributed by atoms with van der Waals surface area (Å²) in [5, 5.41) is 10.2. The molecule has 20 heavy (non-hydrogen) atoms. The molecule has 0 aromatic heterocycles. The Morgan fingerprint density at radius 3 is 2.60 bits per heavy atom. The number of halogens is 1. The highest BCUT2D eigenvalue weighted by Gasteiger charge is 2.28. The smallest absolute Gasteiger partial charge is 0.240 e. The third-order valence-electron chi connectivity index (χ3n) is 3.60. The van der Waals surface area contributed by atoms with Crippen molar-refractivity contribution in [1.29, 1.82) is 0 Å². The quantitative estimate of drug-likeness (QED) is 0.741. The molecule has 0 spiro atoms. The lowest BCUT2D eigenvalue weighted by Crippen LogP contribution is -2.44. The zero-order valence-electron chi connectivity index (χ0n) is 11.3. The SMILES string of the molecule is Cc1cc(S(=O)(=O)N[C@H]2CCCC[C@@H]2O)cc(N)c1Cl. The largest absolute Gasteiger partial charge is 0.397 e. The van der Waals surface area contributed by atoms with Gasteiger partial charge in [-0.05, 0) is 37.5 Å². The normalized spacial score (nSPS) is 23.8. The molecule has 1 aliphatic rings. The van der Waals surface area contributed by atoms with Crippen molar-refractivity contribution in [2.45, 2.75) is 49.6 Å². The predicted molar refractivity (Wildman–Crippen MR) is 79.2 cm³/mol. The maximum Gasteiger partial charge on any atom is 0.240 e. The first-order chi connectivity index (χ1) is 9.31. The number of hydrogen-bond acceptors (Lipinski definition) is 4. The van der Waals surface area contributed by atoms with Crippen molar-refractivity contribution >= 4 is 27.3 Å². The standard InChI is InChI=1S/C13H19ClN2O3S/c1-8-6-9(7-10(15)13(8)14)20(18,19)16-11-4-2-3-5-12(11)17/h6-7,11-12,16-17H,2-5,15H2,1H3/t11-,12-/m0/s1. The van der Waals surface area contributed by atoms with E-state index in [4.69, 9.17) is 17.3 Å². The van der Waals surface area contributed by atoms with Gasteiger partial charge in [-0.2, -0.15) is 0 Å². The zero-order valence-corrected chi connectivity index (χ0v) is 12.8. The summed E-state index contributed by atoms with van der Waals surface area (Å²) in [6.45, 7) is 1.70. The maximum absolute atomic E-state index is 12.3. The molecule has 1 aliphatic carbocycles. The van der Waals surface area contributed by atoms with Crippen LogP contribution >= 0.6 is 11.6 Å². The topological polar surface area (TPSA) is 92.4 Å². The summed E-state index contributed by atoms with van der Waals surface area (Å²) >= 11 is 5.93. The fraction of sp³-hybridized carbons (Fsp3) is 0.538. The van der Waals surface area contributed by atoms with Gasteiger partial charge in [-0.25, -0.2) is 13.1 Å². The van der Waals surface area contributed by atoms with Gasteiger partial charge in [-0.15, -0.1) is 0 Å². The monoisotopic (exact) mass is 318 g/mol. The molecule has 2 rings (SSSR count). The van der Waals surface area contributed by atoms with E-state index in [0.29, 0.717) is 23.4 Å². The van der Waals surface area contributed by atoms with Crippen LogP contribution in [0.2, 0.25) is 5.02 Å². The van der Waals surface area contributed by atoms with Crippen LogP contribution in [0.3, 0.4) is 0 Å². The Labute approximate surface area is 124 Å². The van der Waals surface area contributed by atoms with Crippen LogP contribution in [0.4, 0.5) is 5.69 Å². The lowest BCUT2D eigenvalue weighted by molar-refractivity contribution is 0.101. The molecule has 0 amide bonds. The van der Waals surface area contributed by atoms with E-state index in [2.05, 4.69) is 4.72 Å². The second kappa shape index (κ2) is 5.89. The Balaban J connectivity index is 2.26. The van der Waals surface area contributed by atoms with Crippen LogP contribution in [-0.4, -0.2) is 25.7 Å². The molecule has 0 bridgehead atoms. The van der Waals surface area contributed by atoms with Gasteiger partial charge in [-0.3, -0.25) is 0 Å². The van der Waals surface area contributed by atoms with Gasteiger partial charge in [0.05, 0.1) is 21.7 Å². The van der Waals surface area contributed by atoms with Crippen molar-refractivity contribution in [3.63, 3.8) is 0 Å². The van der Waals surface area contributed by atoms with E-state index in [1.54, 1.807) is 6.92 Å². The van der Waals surface area contributed by atoms with Crippen molar-refractivity contribution in [2.24, 2.45) is 0 Å². The maximum atomic E-state index is 12.3. The second-order valence-electron chi connectivity index (χ2n) is 5.22. The molecule has 112 valence electrons. The first-order valence-electron chi connectivity index (χ1n) is 6.57. The number of nitrogen functional groups attached to an aromatic ring is 1. The average Bonchev–Trinajstić information content (AvgIpc) is 2.38. The lowest BCUT2D eigenvalue weighted by atomic mass is 9.93. The molecule has 0 unspecified atom stereocenters. The molecule has 0 radical (unpaired) electrons. The minimum atomic E-state index is -3.70. The van der Waals surface area contributed by atoms with Crippen LogP contribution in [0.5, 0.6) is 0 Å². The van der Waals surface area contributed by atoms with E-state index in [1.807, 2.05) is 0 Å². The summed E-state index contributed by atoms with van der Waals surface area (Å²) in [6.07, 6.45) is 2.46. The van der Waals surface area contributed by atoms with Gasteiger partial charge in [-0.1, -0.05) is 24.4 Å². The number of rotatable bonds is 3. The molecule has 1 aromatic carbocycles. The second-order valence-corrected chi connectivity index (χ2v) is 7.31. The van der Waals surface area contributed by atoms with Crippen molar-refractivity contribution in [3.05, 3.63) is 22.7 Å². The molecule has 0 heterocycles. The number of nitrogens with one attached hydrogen (secondary N) is 1. The zero-order chi connectivity index (χ0) is 14.9.